The number of imide groups is 1. The quantitative estimate of drug-likeness (QED) is 0.395. The molecule has 0 fully saturated rings. The molecule has 174 valence electrons. The molecule has 1 aliphatic rings. The Bertz CT molecular complexity index is 1410. The van der Waals surface area contributed by atoms with Crippen molar-refractivity contribution in [2.24, 2.45) is 0 Å². The number of amides is 3. The van der Waals surface area contributed by atoms with E-state index in [9.17, 15) is 24.3 Å². The fourth-order valence-corrected chi connectivity index (χ4v) is 4.21. The summed E-state index contributed by atoms with van der Waals surface area (Å²) in [6.07, 6.45) is -0.0265. The van der Waals surface area contributed by atoms with Crippen molar-refractivity contribution in [2.45, 2.75) is 19.4 Å². The molecular formula is C26H18ClN3O5. The Kier molecular flexibility index (Phi) is 6.36. The molecule has 0 saturated heterocycles. The Hall–Kier alpha value is -4.48. The van der Waals surface area contributed by atoms with Crippen molar-refractivity contribution < 1.29 is 24.3 Å². The van der Waals surface area contributed by atoms with Crippen molar-refractivity contribution >= 4 is 46.7 Å². The number of aliphatic carboxylic acids is 1. The van der Waals surface area contributed by atoms with Crippen LogP contribution in [0.25, 0.3) is 4.85 Å². The van der Waals surface area contributed by atoms with Crippen LogP contribution in [0.15, 0.2) is 60.7 Å². The first-order valence-electron chi connectivity index (χ1n) is 10.5. The van der Waals surface area contributed by atoms with Crippen molar-refractivity contribution in [3.63, 3.8) is 0 Å². The van der Waals surface area contributed by atoms with Crippen LogP contribution in [0.1, 0.15) is 42.2 Å². The Labute approximate surface area is 205 Å². The highest BCUT2D eigenvalue weighted by Crippen LogP contribution is 2.31. The molecule has 0 bridgehead atoms. The second kappa shape index (κ2) is 9.41. The van der Waals surface area contributed by atoms with Crippen LogP contribution >= 0.6 is 11.6 Å². The number of nitrogens with one attached hydrogen (secondary N) is 1. The number of aryl methyl sites for hydroxylation is 1. The molecule has 0 radical (unpaired) electrons. The molecule has 0 saturated carbocycles. The lowest BCUT2D eigenvalue weighted by atomic mass is 10.0. The van der Waals surface area contributed by atoms with Crippen molar-refractivity contribution in [1.29, 1.82) is 0 Å². The van der Waals surface area contributed by atoms with Crippen LogP contribution in [-0.2, 0) is 11.2 Å². The average molecular weight is 488 g/mol. The molecule has 1 unspecified atom stereocenters. The third-order valence-electron chi connectivity index (χ3n) is 5.69. The molecular weight excluding hydrogens is 470 g/mol. The predicted molar refractivity (Wildman–Crippen MR) is 129 cm³/mol. The summed E-state index contributed by atoms with van der Waals surface area (Å²) in [6, 6.07) is 14.3. The molecule has 2 N–H and O–H groups in total. The number of nitrogens with zero attached hydrogens (tertiary/aromatic N) is 2. The number of rotatable bonds is 6. The molecule has 8 nitrogen and oxygen atoms in total. The Morgan fingerprint density at radius 3 is 2.37 bits per heavy atom. The van der Waals surface area contributed by atoms with Gasteiger partial charge in [-0.15, -0.1) is 0 Å². The van der Waals surface area contributed by atoms with Crippen molar-refractivity contribution in [3.8, 4) is 0 Å². The molecule has 0 spiro atoms. The lowest BCUT2D eigenvalue weighted by Crippen LogP contribution is -2.42. The van der Waals surface area contributed by atoms with Gasteiger partial charge in [0.25, 0.3) is 17.7 Å². The van der Waals surface area contributed by atoms with E-state index in [-0.39, 0.29) is 33.8 Å². The lowest BCUT2D eigenvalue weighted by molar-refractivity contribution is -0.139. The van der Waals surface area contributed by atoms with E-state index in [0.29, 0.717) is 16.8 Å². The van der Waals surface area contributed by atoms with E-state index in [4.69, 9.17) is 18.2 Å². The molecule has 3 amide bonds. The van der Waals surface area contributed by atoms with Crippen LogP contribution < -0.4 is 10.2 Å². The summed E-state index contributed by atoms with van der Waals surface area (Å²) in [6.45, 7) is 8.80. The van der Waals surface area contributed by atoms with Gasteiger partial charge >= 0.3 is 5.97 Å². The zero-order chi connectivity index (χ0) is 25.3. The van der Waals surface area contributed by atoms with Crippen LogP contribution in [-0.4, -0.2) is 34.8 Å². The second-order valence-electron chi connectivity index (χ2n) is 7.95. The van der Waals surface area contributed by atoms with Gasteiger partial charge in [-0.05, 0) is 42.3 Å². The van der Waals surface area contributed by atoms with Gasteiger partial charge in [0.2, 0.25) is 0 Å². The third-order valence-corrected chi connectivity index (χ3v) is 6.00. The number of hydrogen-bond acceptors (Lipinski definition) is 4. The van der Waals surface area contributed by atoms with E-state index in [2.05, 4.69) is 10.2 Å². The van der Waals surface area contributed by atoms with Gasteiger partial charge in [0.05, 0.1) is 28.4 Å². The van der Waals surface area contributed by atoms with Gasteiger partial charge in [0.15, 0.2) is 5.69 Å². The minimum Gasteiger partial charge on any atom is -0.480 e. The predicted octanol–water partition coefficient (Wildman–Crippen LogP) is 4.43. The first-order chi connectivity index (χ1) is 16.7. The monoisotopic (exact) mass is 487 g/mol. The Morgan fingerprint density at radius 1 is 1.06 bits per heavy atom. The van der Waals surface area contributed by atoms with E-state index < -0.39 is 29.7 Å². The van der Waals surface area contributed by atoms with Gasteiger partial charge in [-0.2, -0.15) is 0 Å². The van der Waals surface area contributed by atoms with Crippen LogP contribution in [0.3, 0.4) is 0 Å². The first-order valence-corrected chi connectivity index (χ1v) is 10.9. The highest BCUT2D eigenvalue weighted by Gasteiger charge is 2.36. The zero-order valence-electron chi connectivity index (χ0n) is 18.4. The maximum atomic E-state index is 12.8. The number of anilines is 1. The zero-order valence-corrected chi connectivity index (χ0v) is 19.2. The fourth-order valence-electron chi connectivity index (χ4n) is 3.90. The van der Waals surface area contributed by atoms with Crippen LogP contribution in [0, 0.1) is 13.5 Å². The number of carboxylic acid groups (broad SMARTS) is 1. The number of carboxylic acids is 1. The number of hydrogen-bond donors (Lipinski definition) is 2. The minimum absolute atomic E-state index is 0.0265. The highest BCUT2D eigenvalue weighted by molar-refractivity contribution is 6.35. The lowest BCUT2D eigenvalue weighted by Gasteiger charge is -2.17. The normalized spacial score (nSPS) is 13.2. The number of halogens is 1. The maximum absolute atomic E-state index is 12.8. The first kappa shape index (κ1) is 23.7. The second-order valence-corrected chi connectivity index (χ2v) is 8.36. The largest absolute Gasteiger partial charge is 0.480 e. The third kappa shape index (κ3) is 4.50. The number of carbonyl (C=O) groups is 4. The molecule has 4 rings (SSSR count). The van der Waals surface area contributed by atoms with Crippen molar-refractivity contribution in [2.75, 3.05) is 4.90 Å². The number of fused-ring (bicyclic) bond motifs is 1. The molecule has 9 heteroatoms. The van der Waals surface area contributed by atoms with Gasteiger partial charge in [0, 0.05) is 12.0 Å². The summed E-state index contributed by atoms with van der Waals surface area (Å²) >= 11 is 6.12. The van der Waals surface area contributed by atoms with E-state index in [1.807, 2.05) is 0 Å². The van der Waals surface area contributed by atoms with Gasteiger partial charge in [-0.1, -0.05) is 48.0 Å². The fraction of sp³-hybridized carbons (Fsp3) is 0.115. The summed E-state index contributed by atoms with van der Waals surface area (Å²) in [5.74, 6) is -2.85. The molecule has 3 aromatic rings. The van der Waals surface area contributed by atoms with Gasteiger partial charge in [-0.25, -0.2) is 14.5 Å². The number of carbonyl (C=O) groups excluding carboxylic acids is 3. The summed E-state index contributed by atoms with van der Waals surface area (Å²) in [4.78, 5) is 54.4. The maximum Gasteiger partial charge on any atom is 0.326 e. The minimum atomic E-state index is -1.23. The van der Waals surface area contributed by atoms with E-state index >= 15 is 0 Å². The van der Waals surface area contributed by atoms with Crippen molar-refractivity contribution in [1.82, 2.24) is 5.32 Å². The standard InChI is InChI=1S/C26H18ClN3O5/c1-14-4-3-5-20(27)22(14)23(31)29-21(26(34)35)12-15-6-9-17(10-7-15)30-24(32)18-11-8-16(28-2)13-19(18)25(30)33/h3-11,13,21H,12H2,1H3,(H,29,31)(H,34,35). The van der Waals surface area contributed by atoms with Gasteiger partial charge in [-0.3, -0.25) is 14.4 Å². The van der Waals surface area contributed by atoms with E-state index in [0.717, 1.165) is 4.90 Å². The Morgan fingerprint density at radius 2 is 1.74 bits per heavy atom. The smallest absolute Gasteiger partial charge is 0.326 e. The summed E-state index contributed by atoms with van der Waals surface area (Å²) in [7, 11) is 0. The molecule has 1 aliphatic heterocycles. The summed E-state index contributed by atoms with van der Waals surface area (Å²) < 4.78 is 0. The summed E-state index contributed by atoms with van der Waals surface area (Å²) in [5, 5.41) is 12.4. The SMILES string of the molecule is [C-]#[N+]c1ccc2c(c1)C(=O)N(c1ccc(CC(NC(=O)c3c(C)cccc3Cl)C(=O)O)cc1)C2=O. The Balaban J connectivity index is 1.52. The molecule has 0 aliphatic carbocycles. The van der Waals surface area contributed by atoms with Crippen molar-refractivity contribution in [3.05, 3.63) is 105 Å². The molecule has 1 atom stereocenters. The number of benzene rings is 3. The van der Waals surface area contributed by atoms with Crippen LogP contribution in [0.4, 0.5) is 11.4 Å². The average Bonchev–Trinajstić information content (AvgIpc) is 3.08. The molecule has 1 heterocycles. The highest BCUT2D eigenvalue weighted by atomic mass is 35.5. The topological polar surface area (TPSA) is 108 Å². The van der Waals surface area contributed by atoms with E-state index in [1.165, 1.54) is 30.3 Å². The molecule has 0 aromatic heterocycles. The molecule has 35 heavy (non-hydrogen) atoms. The van der Waals surface area contributed by atoms with Crippen LogP contribution in [0.5, 0.6) is 0 Å². The van der Waals surface area contributed by atoms with E-state index in [1.54, 1.807) is 37.3 Å². The van der Waals surface area contributed by atoms with Gasteiger partial charge < -0.3 is 10.4 Å². The molecule has 3 aromatic carbocycles. The van der Waals surface area contributed by atoms with Gasteiger partial charge in [0.1, 0.15) is 6.04 Å². The van der Waals surface area contributed by atoms with Crippen LogP contribution in [0.2, 0.25) is 5.02 Å². The summed E-state index contributed by atoms with van der Waals surface area (Å²) in [5.41, 5.74) is 2.36.